The van der Waals surface area contributed by atoms with E-state index in [1.54, 1.807) is 28.4 Å². The van der Waals surface area contributed by atoms with Gasteiger partial charge >= 0.3 is 0 Å². The fourth-order valence-corrected chi connectivity index (χ4v) is 2.82. The van der Waals surface area contributed by atoms with E-state index in [-0.39, 0.29) is 0 Å². The number of nitrogens with zero attached hydrogens (tertiary/aromatic N) is 2. The summed E-state index contributed by atoms with van der Waals surface area (Å²) in [6.45, 7) is 1.83. The Bertz CT molecular complexity index is 919. The van der Waals surface area contributed by atoms with Crippen molar-refractivity contribution in [3.63, 3.8) is 0 Å². The van der Waals surface area contributed by atoms with Gasteiger partial charge in [-0.15, -0.1) is 0 Å². The molecule has 0 saturated heterocycles. The Labute approximate surface area is 169 Å². The van der Waals surface area contributed by atoms with E-state index in [1.165, 1.54) is 0 Å². The van der Waals surface area contributed by atoms with Gasteiger partial charge in [0.05, 0.1) is 28.4 Å². The van der Waals surface area contributed by atoms with Gasteiger partial charge in [-0.25, -0.2) is 9.97 Å². The zero-order valence-electron chi connectivity index (χ0n) is 17.1. The van der Waals surface area contributed by atoms with Gasteiger partial charge in [-0.05, 0) is 31.2 Å². The standard InChI is InChI=1S/C21H24N4O4/c1-13-22-20(24-14-6-8-16(26-2)18(10-14)28-4)12-21(23-13)25-15-7-9-17(27-3)19(11-15)29-5/h6-12H,1-5H3,(H2,22,23,24,25). The van der Waals surface area contributed by atoms with Crippen LogP contribution in [0.15, 0.2) is 42.5 Å². The number of methoxy groups -OCH3 is 4. The Balaban J connectivity index is 1.83. The topological polar surface area (TPSA) is 86.8 Å². The van der Waals surface area contributed by atoms with Crippen LogP contribution in [-0.2, 0) is 0 Å². The molecule has 8 heteroatoms. The summed E-state index contributed by atoms with van der Waals surface area (Å²) in [5.41, 5.74) is 1.63. The van der Waals surface area contributed by atoms with Gasteiger partial charge in [0, 0.05) is 29.6 Å². The second-order valence-corrected chi connectivity index (χ2v) is 6.08. The van der Waals surface area contributed by atoms with Crippen LogP contribution in [0, 0.1) is 6.92 Å². The molecule has 0 atom stereocenters. The number of benzene rings is 2. The first kappa shape index (κ1) is 20.1. The molecule has 0 fully saturated rings. The van der Waals surface area contributed by atoms with Gasteiger partial charge in [-0.1, -0.05) is 0 Å². The maximum atomic E-state index is 5.35. The Hall–Kier alpha value is -3.68. The lowest BCUT2D eigenvalue weighted by atomic mass is 10.2. The SMILES string of the molecule is COc1ccc(Nc2cc(Nc3ccc(OC)c(OC)c3)nc(C)n2)cc1OC. The number of nitrogens with one attached hydrogen (secondary N) is 2. The monoisotopic (exact) mass is 396 g/mol. The Morgan fingerprint density at radius 3 is 1.38 bits per heavy atom. The van der Waals surface area contributed by atoms with Crippen LogP contribution in [0.1, 0.15) is 5.82 Å². The van der Waals surface area contributed by atoms with Crippen LogP contribution in [0.5, 0.6) is 23.0 Å². The largest absolute Gasteiger partial charge is 0.493 e. The normalized spacial score (nSPS) is 10.2. The molecule has 8 nitrogen and oxygen atoms in total. The minimum absolute atomic E-state index is 0.624. The van der Waals surface area contributed by atoms with Crippen molar-refractivity contribution in [2.24, 2.45) is 0 Å². The second-order valence-electron chi connectivity index (χ2n) is 6.08. The highest BCUT2D eigenvalue weighted by Gasteiger charge is 2.09. The van der Waals surface area contributed by atoms with Crippen LogP contribution in [0.25, 0.3) is 0 Å². The molecule has 0 aliphatic heterocycles. The predicted molar refractivity (Wildman–Crippen MR) is 112 cm³/mol. The first-order chi connectivity index (χ1) is 14.1. The molecule has 0 aliphatic rings. The van der Waals surface area contributed by atoms with Crippen molar-refractivity contribution in [2.45, 2.75) is 6.92 Å². The van der Waals surface area contributed by atoms with Crippen LogP contribution in [0.4, 0.5) is 23.0 Å². The Morgan fingerprint density at radius 2 is 1.00 bits per heavy atom. The second kappa shape index (κ2) is 9.01. The molecule has 3 rings (SSSR count). The van der Waals surface area contributed by atoms with Crippen molar-refractivity contribution in [2.75, 3.05) is 39.1 Å². The molecule has 0 saturated carbocycles. The number of hydrogen-bond acceptors (Lipinski definition) is 8. The number of anilines is 4. The Kier molecular flexibility index (Phi) is 6.23. The smallest absolute Gasteiger partial charge is 0.162 e. The van der Waals surface area contributed by atoms with E-state index in [0.717, 1.165) is 11.4 Å². The molecule has 0 amide bonds. The quantitative estimate of drug-likeness (QED) is 0.583. The zero-order chi connectivity index (χ0) is 20.8. The molecule has 1 heterocycles. The molecule has 3 aromatic rings. The number of hydrogen-bond donors (Lipinski definition) is 2. The van der Waals surface area contributed by atoms with E-state index in [4.69, 9.17) is 18.9 Å². The zero-order valence-corrected chi connectivity index (χ0v) is 17.1. The third-order valence-corrected chi connectivity index (χ3v) is 4.15. The van der Waals surface area contributed by atoms with Gasteiger partial charge in [0.2, 0.25) is 0 Å². The minimum Gasteiger partial charge on any atom is -0.493 e. The number of ether oxygens (including phenoxy) is 4. The summed E-state index contributed by atoms with van der Waals surface area (Å²) in [4.78, 5) is 8.90. The van der Waals surface area contributed by atoms with Gasteiger partial charge in [-0.3, -0.25) is 0 Å². The molecule has 1 aromatic heterocycles. The molecule has 29 heavy (non-hydrogen) atoms. The van der Waals surface area contributed by atoms with E-state index >= 15 is 0 Å². The van der Waals surface area contributed by atoms with Crippen LogP contribution in [0.2, 0.25) is 0 Å². The van der Waals surface area contributed by atoms with Crippen molar-refractivity contribution in [3.05, 3.63) is 48.3 Å². The molecule has 0 radical (unpaired) electrons. The molecule has 2 aromatic carbocycles. The molecule has 0 spiro atoms. The first-order valence-electron chi connectivity index (χ1n) is 8.90. The minimum atomic E-state index is 0.624. The van der Waals surface area contributed by atoms with Gasteiger partial charge in [0.15, 0.2) is 23.0 Å². The highest BCUT2D eigenvalue weighted by atomic mass is 16.5. The van der Waals surface area contributed by atoms with Gasteiger partial charge in [0.25, 0.3) is 0 Å². The fraction of sp³-hybridized carbons (Fsp3) is 0.238. The summed E-state index contributed by atoms with van der Waals surface area (Å²) in [6, 6.07) is 13.0. The van der Waals surface area contributed by atoms with Gasteiger partial charge in [0.1, 0.15) is 17.5 Å². The molecular formula is C21H24N4O4. The summed E-state index contributed by atoms with van der Waals surface area (Å²) in [5, 5.41) is 6.53. The molecular weight excluding hydrogens is 372 g/mol. The summed E-state index contributed by atoms with van der Waals surface area (Å²) < 4.78 is 21.2. The van der Waals surface area contributed by atoms with Crippen molar-refractivity contribution < 1.29 is 18.9 Å². The first-order valence-corrected chi connectivity index (χ1v) is 8.90. The maximum absolute atomic E-state index is 5.35. The van der Waals surface area contributed by atoms with Crippen molar-refractivity contribution >= 4 is 23.0 Å². The van der Waals surface area contributed by atoms with E-state index in [1.807, 2.05) is 49.4 Å². The summed E-state index contributed by atoms with van der Waals surface area (Å²) in [6.07, 6.45) is 0. The average Bonchev–Trinajstić information content (AvgIpc) is 2.73. The average molecular weight is 396 g/mol. The van der Waals surface area contributed by atoms with Gasteiger partial charge in [-0.2, -0.15) is 0 Å². The summed E-state index contributed by atoms with van der Waals surface area (Å²) in [7, 11) is 6.40. The number of aryl methyl sites for hydroxylation is 1. The van der Waals surface area contributed by atoms with E-state index in [0.29, 0.717) is 40.5 Å². The highest BCUT2D eigenvalue weighted by molar-refractivity contribution is 5.66. The van der Waals surface area contributed by atoms with Crippen LogP contribution in [0.3, 0.4) is 0 Å². The van der Waals surface area contributed by atoms with Gasteiger partial charge < -0.3 is 29.6 Å². The fourth-order valence-electron chi connectivity index (χ4n) is 2.82. The maximum Gasteiger partial charge on any atom is 0.162 e. The molecule has 0 bridgehead atoms. The summed E-state index contributed by atoms with van der Waals surface area (Å²) >= 11 is 0. The molecule has 0 aliphatic carbocycles. The molecule has 2 N–H and O–H groups in total. The summed E-state index contributed by atoms with van der Waals surface area (Å²) in [5.74, 6) is 4.50. The predicted octanol–water partition coefficient (Wildman–Crippen LogP) is 4.31. The third kappa shape index (κ3) is 4.78. The number of aromatic nitrogens is 2. The van der Waals surface area contributed by atoms with E-state index in [2.05, 4.69) is 20.6 Å². The van der Waals surface area contributed by atoms with Crippen molar-refractivity contribution in [3.8, 4) is 23.0 Å². The Morgan fingerprint density at radius 1 is 0.586 bits per heavy atom. The number of rotatable bonds is 8. The van der Waals surface area contributed by atoms with E-state index in [9.17, 15) is 0 Å². The lowest BCUT2D eigenvalue weighted by Gasteiger charge is -2.13. The van der Waals surface area contributed by atoms with Crippen molar-refractivity contribution in [1.82, 2.24) is 9.97 Å². The van der Waals surface area contributed by atoms with Crippen LogP contribution < -0.4 is 29.6 Å². The highest BCUT2D eigenvalue weighted by Crippen LogP contribution is 2.32. The molecule has 152 valence electrons. The van der Waals surface area contributed by atoms with E-state index < -0.39 is 0 Å². The third-order valence-electron chi connectivity index (χ3n) is 4.15. The lowest BCUT2D eigenvalue weighted by Crippen LogP contribution is -2.02. The van der Waals surface area contributed by atoms with Crippen LogP contribution >= 0.6 is 0 Å². The lowest BCUT2D eigenvalue weighted by molar-refractivity contribution is 0.355. The molecule has 0 unspecified atom stereocenters. The van der Waals surface area contributed by atoms with Crippen LogP contribution in [-0.4, -0.2) is 38.4 Å². The van der Waals surface area contributed by atoms with Crippen molar-refractivity contribution in [1.29, 1.82) is 0 Å².